The highest BCUT2D eigenvalue weighted by Crippen LogP contribution is 2.27. The average molecular weight is 397 g/mol. The van der Waals surface area contributed by atoms with Crippen molar-refractivity contribution in [3.05, 3.63) is 59.7 Å². The quantitative estimate of drug-likeness (QED) is 0.682. The fourth-order valence-electron chi connectivity index (χ4n) is 4.06. The van der Waals surface area contributed by atoms with E-state index in [0.717, 1.165) is 26.1 Å². The van der Waals surface area contributed by atoms with Crippen LogP contribution >= 0.6 is 0 Å². The molecule has 5 nitrogen and oxygen atoms in total. The number of likely N-dealkylation sites (tertiary alicyclic amines) is 1. The molecule has 0 bridgehead atoms. The molecule has 156 valence electrons. The molecule has 0 aliphatic carbocycles. The van der Waals surface area contributed by atoms with Crippen LogP contribution in [-0.4, -0.2) is 63.2 Å². The molecule has 0 radical (unpaired) electrons. The van der Waals surface area contributed by atoms with E-state index in [2.05, 4.69) is 24.1 Å². The summed E-state index contributed by atoms with van der Waals surface area (Å²) in [6.45, 7) is 3.64. The monoisotopic (exact) mass is 396 g/mol. The molecule has 2 aromatic carbocycles. The first-order valence-corrected chi connectivity index (χ1v) is 10.3. The Bertz CT molecular complexity index is 794. The zero-order valence-corrected chi connectivity index (χ0v) is 17.8. The minimum Gasteiger partial charge on any atom is -0.497 e. The Morgan fingerprint density at radius 2 is 1.93 bits per heavy atom. The van der Waals surface area contributed by atoms with Crippen LogP contribution in [0.25, 0.3) is 0 Å². The molecule has 1 aliphatic heterocycles. The van der Waals surface area contributed by atoms with Crippen molar-refractivity contribution in [2.45, 2.75) is 19.3 Å². The number of benzene rings is 2. The van der Waals surface area contributed by atoms with E-state index in [1.54, 1.807) is 20.3 Å². The highest BCUT2D eigenvalue weighted by atomic mass is 16.5. The molecule has 1 fully saturated rings. The van der Waals surface area contributed by atoms with Crippen LogP contribution in [-0.2, 0) is 6.42 Å². The molecule has 1 aliphatic rings. The molecule has 0 saturated carbocycles. The summed E-state index contributed by atoms with van der Waals surface area (Å²) in [6, 6.07) is 15.7. The fourth-order valence-corrected chi connectivity index (χ4v) is 4.06. The highest BCUT2D eigenvalue weighted by molar-refractivity contribution is 5.97. The number of ether oxygens (including phenoxy) is 2. The SMILES string of the molecule is COc1ccc(C(=O)N(CCc2ccccc2)C[C@@H]2CCCN(C)C2)c(OC)c1. The number of hydrogen-bond donors (Lipinski definition) is 0. The molecule has 1 amide bonds. The summed E-state index contributed by atoms with van der Waals surface area (Å²) >= 11 is 0. The van der Waals surface area contributed by atoms with Crippen molar-refractivity contribution in [2.75, 3.05) is 47.4 Å². The molecule has 3 rings (SSSR count). The maximum atomic E-state index is 13.5. The van der Waals surface area contributed by atoms with Gasteiger partial charge in [0.2, 0.25) is 0 Å². The lowest BCUT2D eigenvalue weighted by molar-refractivity contribution is 0.0690. The maximum absolute atomic E-state index is 13.5. The van der Waals surface area contributed by atoms with Gasteiger partial charge in [-0.05, 0) is 56.5 Å². The lowest BCUT2D eigenvalue weighted by Crippen LogP contribution is -2.42. The summed E-state index contributed by atoms with van der Waals surface area (Å²) < 4.78 is 10.8. The van der Waals surface area contributed by atoms with Crippen LogP contribution in [0.5, 0.6) is 11.5 Å². The van der Waals surface area contributed by atoms with Crippen LogP contribution in [0, 0.1) is 5.92 Å². The Morgan fingerprint density at radius 1 is 1.14 bits per heavy atom. The second kappa shape index (κ2) is 10.3. The van der Waals surface area contributed by atoms with E-state index in [0.29, 0.717) is 29.5 Å². The smallest absolute Gasteiger partial charge is 0.257 e. The summed E-state index contributed by atoms with van der Waals surface area (Å²) in [4.78, 5) is 17.9. The van der Waals surface area contributed by atoms with Crippen molar-refractivity contribution in [3.63, 3.8) is 0 Å². The molecule has 0 spiro atoms. The van der Waals surface area contributed by atoms with Crippen molar-refractivity contribution in [1.29, 1.82) is 0 Å². The van der Waals surface area contributed by atoms with E-state index in [4.69, 9.17) is 9.47 Å². The number of rotatable bonds is 8. The van der Waals surface area contributed by atoms with Gasteiger partial charge in [-0.25, -0.2) is 0 Å². The predicted octanol–water partition coefficient (Wildman–Crippen LogP) is 3.73. The topological polar surface area (TPSA) is 42.0 Å². The summed E-state index contributed by atoms with van der Waals surface area (Å²) in [6.07, 6.45) is 3.19. The van der Waals surface area contributed by atoms with E-state index in [1.807, 2.05) is 35.2 Å². The molecule has 2 aromatic rings. The van der Waals surface area contributed by atoms with Crippen LogP contribution in [0.2, 0.25) is 0 Å². The number of piperidine rings is 1. The summed E-state index contributed by atoms with van der Waals surface area (Å²) in [7, 11) is 5.37. The third-order valence-electron chi connectivity index (χ3n) is 5.64. The zero-order chi connectivity index (χ0) is 20.6. The molecule has 1 heterocycles. The highest BCUT2D eigenvalue weighted by Gasteiger charge is 2.25. The lowest BCUT2D eigenvalue weighted by atomic mass is 9.97. The van der Waals surface area contributed by atoms with Crippen LogP contribution in [0.3, 0.4) is 0 Å². The Labute approximate surface area is 174 Å². The summed E-state index contributed by atoms with van der Waals surface area (Å²) in [5.41, 5.74) is 1.83. The van der Waals surface area contributed by atoms with Crippen molar-refractivity contribution >= 4 is 5.91 Å². The maximum Gasteiger partial charge on any atom is 0.257 e. The number of methoxy groups -OCH3 is 2. The molecule has 0 unspecified atom stereocenters. The number of amides is 1. The molecule has 0 aromatic heterocycles. The van der Waals surface area contributed by atoms with Gasteiger partial charge in [0, 0.05) is 25.7 Å². The zero-order valence-electron chi connectivity index (χ0n) is 17.8. The third-order valence-corrected chi connectivity index (χ3v) is 5.64. The fraction of sp³-hybridized carbons (Fsp3) is 0.458. The van der Waals surface area contributed by atoms with Crippen molar-refractivity contribution in [2.24, 2.45) is 5.92 Å². The van der Waals surface area contributed by atoms with Crippen LogP contribution in [0.4, 0.5) is 0 Å². The average Bonchev–Trinajstić information content (AvgIpc) is 2.76. The van der Waals surface area contributed by atoms with Gasteiger partial charge in [-0.2, -0.15) is 0 Å². The number of nitrogens with zero attached hydrogens (tertiary/aromatic N) is 2. The van der Waals surface area contributed by atoms with E-state index in [9.17, 15) is 4.79 Å². The van der Waals surface area contributed by atoms with Crippen LogP contribution in [0.1, 0.15) is 28.8 Å². The van der Waals surface area contributed by atoms with Crippen molar-refractivity contribution < 1.29 is 14.3 Å². The Kier molecular flexibility index (Phi) is 7.53. The second-order valence-corrected chi connectivity index (χ2v) is 7.82. The van der Waals surface area contributed by atoms with Gasteiger partial charge < -0.3 is 19.3 Å². The first-order valence-electron chi connectivity index (χ1n) is 10.3. The van der Waals surface area contributed by atoms with Gasteiger partial charge in [-0.15, -0.1) is 0 Å². The number of hydrogen-bond acceptors (Lipinski definition) is 4. The van der Waals surface area contributed by atoms with E-state index >= 15 is 0 Å². The minimum atomic E-state index is 0.0219. The van der Waals surface area contributed by atoms with Gasteiger partial charge in [0.1, 0.15) is 11.5 Å². The molecular formula is C24H32N2O3. The molecule has 1 saturated heterocycles. The molecule has 5 heteroatoms. The van der Waals surface area contributed by atoms with Crippen LogP contribution < -0.4 is 9.47 Å². The van der Waals surface area contributed by atoms with Crippen molar-refractivity contribution in [1.82, 2.24) is 9.80 Å². The van der Waals surface area contributed by atoms with Crippen LogP contribution in [0.15, 0.2) is 48.5 Å². The predicted molar refractivity (Wildman–Crippen MR) is 116 cm³/mol. The standard InChI is InChI=1S/C24H32N2O3/c1-25-14-7-10-20(17-25)18-26(15-13-19-8-5-4-6-9-19)24(27)22-12-11-21(28-2)16-23(22)29-3/h4-6,8-9,11-12,16,20H,7,10,13-15,17-18H2,1-3H3/t20-/m1/s1. The first kappa shape index (κ1) is 21.2. The number of carbonyl (C=O) groups excluding carboxylic acids is 1. The van der Waals surface area contributed by atoms with E-state index in [1.165, 1.54) is 18.4 Å². The minimum absolute atomic E-state index is 0.0219. The third kappa shape index (κ3) is 5.73. The Hall–Kier alpha value is -2.53. The second-order valence-electron chi connectivity index (χ2n) is 7.82. The van der Waals surface area contributed by atoms with Gasteiger partial charge >= 0.3 is 0 Å². The largest absolute Gasteiger partial charge is 0.497 e. The van der Waals surface area contributed by atoms with E-state index < -0.39 is 0 Å². The Morgan fingerprint density at radius 3 is 2.62 bits per heavy atom. The van der Waals surface area contributed by atoms with Gasteiger partial charge in [0.15, 0.2) is 0 Å². The molecule has 0 N–H and O–H groups in total. The Balaban J connectivity index is 1.79. The van der Waals surface area contributed by atoms with Gasteiger partial charge in [-0.3, -0.25) is 4.79 Å². The van der Waals surface area contributed by atoms with Crippen molar-refractivity contribution in [3.8, 4) is 11.5 Å². The molecule has 1 atom stereocenters. The summed E-state index contributed by atoms with van der Waals surface area (Å²) in [5.74, 6) is 1.76. The lowest BCUT2D eigenvalue weighted by Gasteiger charge is -2.34. The van der Waals surface area contributed by atoms with Gasteiger partial charge in [0.25, 0.3) is 5.91 Å². The molecule has 29 heavy (non-hydrogen) atoms. The normalized spacial score (nSPS) is 17.0. The van der Waals surface area contributed by atoms with Gasteiger partial charge in [0.05, 0.1) is 19.8 Å². The molecular weight excluding hydrogens is 364 g/mol. The first-order chi connectivity index (χ1) is 14.1. The summed E-state index contributed by atoms with van der Waals surface area (Å²) in [5, 5.41) is 0. The van der Waals surface area contributed by atoms with E-state index in [-0.39, 0.29) is 5.91 Å². The number of carbonyl (C=O) groups is 1. The van der Waals surface area contributed by atoms with Gasteiger partial charge in [-0.1, -0.05) is 30.3 Å².